The highest BCUT2D eigenvalue weighted by Crippen LogP contribution is 2.15. The Labute approximate surface area is 98.5 Å². The lowest BCUT2D eigenvalue weighted by atomic mass is 10.1. The molecule has 1 heterocycles. The second-order valence-corrected chi connectivity index (χ2v) is 4.30. The maximum absolute atomic E-state index is 11.0. The molecule has 0 aliphatic carbocycles. The van der Waals surface area contributed by atoms with Crippen molar-refractivity contribution in [1.82, 2.24) is 9.97 Å². The third-order valence-electron chi connectivity index (χ3n) is 2.42. The van der Waals surface area contributed by atoms with Crippen molar-refractivity contribution < 1.29 is 9.90 Å². The number of fused-ring (bicyclic) bond motifs is 1. The van der Waals surface area contributed by atoms with E-state index in [4.69, 9.17) is 5.11 Å². The number of aliphatic carboxylic acids is 1. The van der Waals surface area contributed by atoms with Gasteiger partial charge in [-0.05, 0) is 26.0 Å². The van der Waals surface area contributed by atoms with Crippen LogP contribution in [0.5, 0.6) is 0 Å². The molecule has 2 rings (SSSR count). The highest BCUT2D eigenvalue weighted by molar-refractivity contribution is 5.82. The van der Waals surface area contributed by atoms with Crippen LogP contribution < -0.4 is 5.32 Å². The van der Waals surface area contributed by atoms with Crippen LogP contribution in [-0.4, -0.2) is 26.6 Å². The van der Waals surface area contributed by atoms with Crippen LogP contribution in [0, 0.1) is 0 Å². The van der Waals surface area contributed by atoms with Crippen LogP contribution in [0.1, 0.15) is 13.8 Å². The normalized spacial score (nSPS) is 11.4. The SMILES string of the molecule is CC(C)(Nc1cnc2ccccc2n1)C(=O)O. The number of nitrogens with one attached hydrogen (secondary N) is 1. The molecule has 1 aromatic heterocycles. The third kappa shape index (κ3) is 2.33. The summed E-state index contributed by atoms with van der Waals surface area (Å²) in [7, 11) is 0. The second kappa shape index (κ2) is 4.01. The first kappa shape index (κ1) is 11.3. The number of nitrogens with zero attached hydrogens (tertiary/aromatic N) is 2. The summed E-state index contributed by atoms with van der Waals surface area (Å²) in [5.41, 5.74) is 0.446. The summed E-state index contributed by atoms with van der Waals surface area (Å²) in [5, 5.41) is 11.8. The van der Waals surface area contributed by atoms with Crippen molar-refractivity contribution in [3.8, 4) is 0 Å². The van der Waals surface area contributed by atoms with Gasteiger partial charge in [-0.2, -0.15) is 0 Å². The highest BCUT2D eigenvalue weighted by Gasteiger charge is 2.27. The van der Waals surface area contributed by atoms with Gasteiger partial charge in [-0.1, -0.05) is 12.1 Å². The summed E-state index contributed by atoms with van der Waals surface area (Å²) in [4.78, 5) is 19.5. The van der Waals surface area contributed by atoms with Crippen molar-refractivity contribution in [3.05, 3.63) is 30.5 Å². The Morgan fingerprint density at radius 1 is 1.29 bits per heavy atom. The van der Waals surface area contributed by atoms with Crippen molar-refractivity contribution >= 4 is 22.8 Å². The number of hydrogen-bond acceptors (Lipinski definition) is 4. The number of hydrogen-bond donors (Lipinski definition) is 2. The second-order valence-electron chi connectivity index (χ2n) is 4.30. The van der Waals surface area contributed by atoms with Crippen LogP contribution in [0.2, 0.25) is 0 Å². The first-order valence-electron chi connectivity index (χ1n) is 5.22. The lowest BCUT2D eigenvalue weighted by molar-refractivity contribution is -0.141. The predicted molar refractivity (Wildman–Crippen MR) is 64.9 cm³/mol. The molecule has 0 saturated heterocycles. The molecular formula is C12H13N3O2. The monoisotopic (exact) mass is 231 g/mol. The molecule has 0 aliphatic rings. The average Bonchev–Trinajstić information content (AvgIpc) is 2.28. The first-order valence-corrected chi connectivity index (χ1v) is 5.22. The van der Waals surface area contributed by atoms with Crippen LogP contribution in [-0.2, 0) is 4.79 Å². The molecule has 88 valence electrons. The van der Waals surface area contributed by atoms with Crippen LogP contribution in [0.15, 0.2) is 30.5 Å². The van der Waals surface area contributed by atoms with Gasteiger partial charge in [0.2, 0.25) is 0 Å². The summed E-state index contributed by atoms with van der Waals surface area (Å²) < 4.78 is 0. The van der Waals surface area contributed by atoms with Crippen LogP contribution in [0.4, 0.5) is 5.82 Å². The van der Waals surface area contributed by atoms with Gasteiger partial charge in [-0.15, -0.1) is 0 Å². The van der Waals surface area contributed by atoms with Gasteiger partial charge < -0.3 is 10.4 Å². The van der Waals surface area contributed by atoms with Gasteiger partial charge in [0, 0.05) is 0 Å². The van der Waals surface area contributed by atoms with Crippen molar-refractivity contribution in [2.45, 2.75) is 19.4 Å². The van der Waals surface area contributed by atoms with Gasteiger partial charge in [0.05, 0.1) is 17.2 Å². The zero-order valence-electron chi connectivity index (χ0n) is 9.64. The summed E-state index contributed by atoms with van der Waals surface area (Å²) >= 11 is 0. The summed E-state index contributed by atoms with van der Waals surface area (Å²) in [6.45, 7) is 3.15. The van der Waals surface area contributed by atoms with Crippen molar-refractivity contribution in [2.75, 3.05) is 5.32 Å². The van der Waals surface area contributed by atoms with Crippen molar-refractivity contribution in [3.63, 3.8) is 0 Å². The fourth-order valence-corrected chi connectivity index (χ4v) is 1.39. The number of benzene rings is 1. The molecule has 2 N–H and O–H groups in total. The lowest BCUT2D eigenvalue weighted by Crippen LogP contribution is -2.40. The van der Waals surface area contributed by atoms with Crippen LogP contribution >= 0.6 is 0 Å². The van der Waals surface area contributed by atoms with E-state index >= 15 is 0 Å². The van der Waals surface area contributed by atoms with E-state index in [2.05, 4.69) is 15.3 Å². The predicted octanol–water partition coefficient (Wildman–Crippen LogP) is 1.90. The Balaban J connectivity index is 2.34. The summed E-state index contributed by atoms with van der Waals surface area (Å²) in [5.74, 6) is -0.483. The van der Waals surface area contributed by atoms with Gasteiger partial charge in [0.1, 0.15) is 11.4 Å². The Hall–Kier alpha value is -2.17. The molecule has 2 aromatic rings. The molecule has 0 radical (unpaired) electrons. The van der Waals surface area contributed by atoms with Gasteiger partial charge in [0.25, 0.3) is 0 Å². The minimum absolute atomic E-state index is 0.455. The lowest BCUT2D eigenvalue weighted by Gasteiger charge is -2.21. The molecule has 0 aliphatic heterocycles. The first-order chi connectivity index (χ1) is 7.99. The van der Waals surface area contributed by atoms with Crippen molar-refractivity contribution in [2.24, 2.45) is 0 Å². The number of carbonyl (C=O) groups is 1. The molecule has 0 saturated carbocycles. The van der Waals surface area contributed by atoms with Gasteiger partial charge in [-0.25, -0.2) is 9.78 Å². The zero-order valence-corrected chi connectivity index (χ0v) is 9.64. The quantitative estimate of drug-likeness (QED) is 0.843. The molecule has 1 aromatic carbocycles. The number of para-hydroxylation sites is 2. The molecule has 0 fully saturated rings. The molecule has 0 spiro atoms. The fourth-order valence-electron chi connectivity index (χ4n) is 1.39. The molecule has 0 amide bonds. The van der Waals surface area contributed by atoms with E-state index in [1.165, 1.54) is 6.20 Å². The molecule has 0 atom stereocenters. The minimum Gasteiger partial charge on any atom is -0.480 e. The molecule has 17 heavy (non-hydrogen) atoms. The minimum atomic E-state index is -1.07. The van der Waals surface area contributed by atoms with E-state index in [-0.39, 0.29) is 0 Å². The number of carboxylic acid groups (broad SMARTS) is 1. The molecule has 0 unspecified atom stereocenters. The Morgan fingerprint density at radius 2 is 1.94 bits per heavy atom. The van der Waals surface area contributed by atoms with Crippen molar-refractivity contribution in [1.29, 1.82) is 0 Å². The molecular weight excluding hydrogens is 218 g/mol. The summed E-state index contributed by atoms with van der Waals surface area (Å²) in [6.07, 6.45) is 1.53. The standard InChI is InChI=1S/C12H13N3O2/c1-12(2,11(16)17)15-10-7-13-8-5-3-4-6-9(8)14-10/h3-7H,1-2H3,(H,14,15)(H,16,17). The number of rotatable bonds is 3. The van der Waals surface area contributed by atoms with E-state index in [0.29, 0.717) is 5.82 Å². The van der Waals surface area contributed by atoms with E-state index in [9.17, 15) is 4.79 Å². The van der Waals surface area contributed by atoms with Gasteiger partial charge >= 0.3 is 5.97 Å². The maximum atomic E-state index is 11.0. The molecule has 5 heteroatoms. The smallest absolute Gasteiger partial charge is 0.328 e. The molecule has 5 nitrogen and oxygen atoms in total. The van der Waals surface area contributed by atoms with Gasteiger partial charge in [-0.3, -0.25) is 4.98 Å². The maximum Gasteiger partial charge on any atom is 0.328 e. The van der Waals surface area contributed by atoms with E-state index in [0.717, 1.165) is 11.0 Å². The fraction of sp³-hybridized carbons (Fsp3) is 0.250. The Kier molecular flexibility index (Phi) is 2.67. The number of anilines is 1. The van der Waals surface area contributed by atoms with E-state index in [1.54, 1.807) is 13.8 Å². The molecule has 0 bridgehead atoms. The number of carboxylic acids is 1. The Bertz CT molecular complexity index is 566. The largest absolute Gasteiger partial charge is 0.480 e. The number of aromatic nitrogens is 2. The third-order valence-corrected chi connectivity index (χ3v) is 2.42. The summed E-state index contributed by atoms with van der Waals surface area (Å²) in [6, 6.07) is 7.43. The average molecular weight is 231 g/mol. The van der Waals surface area contributed by atoms with Crippen LogP contribution in [0.25, 0.3) is 11.0 Å². The topological polar surface area (TPSA) is 75.1 Å². The Morgan fingerprint density at radius 3 is 2.59 bits per heavy atom. The van der Waals surface area contributed by atoms with Crippen LogP contribution in [0.3, 0.4) is 0 Å². The van der Waals surface area contributed by atoms with Gasteiger partial charge in [0.15, 0.2) is 0 Å². The highest BCUT2D eigenvalue weighted by atomic mass is 16.4. The van der Waals surface area contributed by atoms with E-state index < -0.39 is 11.5 Å². The van der Waals surface area contributed by atoms with E-state index in [1.807, 2.05) is 24.3 Å². The zero-order chi connectivity index (χ0) is 12.5.